The molecule has 0 aliphatic carbocycles. The van der Waals surface area contributed by atoms with Crippen molar-refractivity contribution >= 4 is 16.2 Å². The molecule has 0 aromatic heterocycles. The van der Waals surface area contributed by atoms with Crippen LogP contribution in [0.4, 0.5) is 4.79 Å². The topological polar surface area (TPSA) is 93.1 Å². The molecule has 7 nitrogen and oxygen atoms in total. The largest absolute Gasteiger partial charge is 0.444 e. The highest BCUT2D eigenvalue weighted by Crippen LogP contribution is 2.35. The number of carbonyl (C=O) groups excluding carboxylic acids is 1. The predicted molar refractivity (Wildman–Crippen MR) is 70.7 cm³/mol. The van der Waals surface area contributed by atoms with Crippen LogP contribution < -0.4 is 0 Å². The smallest absolute Gasteiger partial charge is 0.412 e. The number of ether oxygens (including phenoxy) is 1. The van der Waals surface area contributed by atoms with Crippen molar-refractivity contribution in [1.82, 2.24) is 4.90 Å². The number of aliphatic hydroxyl groups excluding tert-OH is 1. The number of aliphatic hydroxyl groups is 1. The van der Waals surface area contributed by atoms with E-state index in [0.717, 1.165) is 4.90 Å². The molecule has 1 atom stereocenters. The first-order valence-corrected chi connectivity index (χ1v) is 7.98. The van der Waals surface area contributed by atoms with E-state index in [-0.39, 0.29) is 24.5 Å². The summed E-state index contributed by atoms with van der Waals surface area (Å²) in [5, 5.41) is 9.63. The van der Waals surface area contributed by atoms with Crippen molar-refractivity contribution in [2.45, 2.75) is 30.1 Å². The van der Waals surface area contributed by atoms with Gasteiger partial charge in [-0.05, 0) is 24.1 Å². The molecule has 1 aromatic carbocycles. The van der Waals surface area contributed by atoms with Crippen molar-refractivity contribution in [1.29, 1.82) is 0 Å². The molecule has 0 spiro atoms. The summed E-state index contributed by atoms with van der Waals surface area (Å²) in [7, 11) is -4.08. The summed E-state index contributed by atoms with van der Waals surface area (Å²) in [4.78, 5) is 13.3. The van der Waals surface area contributed by atoms with Crippen LogP contribution in [0.3, 0.4) is 0 Å². The molecule has 0 saturated carbocycles. The first kappa shape index (κ1) is 14.3. The maximum absolute atomic E-state index is 12.3. The van der Waals surface area contributed by atoms with Gasteiger partial charge in [0.25, 0.3) is 10.1 Å². The fourth-order valence-corrected chi connectivity index (χ4v) is 3.81. The first-order valence-electron chi connectivity index (χ1n) is 6.57. The quantitative estimate of drug-likeness (QED) is 0.772. The third-order valence-electron chi connectivity index (χ3n) is 3.75. The zero-order chi connectivity index (χ0) is 15.1. The third-order valence-corrected chi connectivity index (χ3v) is 5.13. The third kappa shape index (κ3) is 2.39. The number of nitrogens with zero attached hydrogens (tertiary/aromatic N) is 1. The van der Waals surface area contributed by atoms with Crippen LogP contribution in [-0.2, 0) is 25.6 Å². The predicted octanol–water partition coefficient (Wildman–Crippen LogP) is 0.827. The van der Waals surface area contributed by atoms with Gasteiger partial charge < -0.3 is 9.84 Å². The molecule has 8 heteroatoms. The van der Waals surface area contributed by atoms with Gasteiger partial charge in [0.05, 0.1) is 11.5 Å². The van der Waals surface area contributed by atoms with Crippen LogP contribution in [0.15, 0.2) is 29.2 Å². The van der Waals surface area contributed by atoms with Gasteiger partial charge in [-0.25, -0.2) is 8.98 Å². The minimum absolute atomic E-state index is 0.0136. The molecule has 3 aliphatic heterocycles. The van der Waals surface area contributed by atoms with Crippen molar-refractivity contribution in [2.24, 2.45) is 0 Å². The lowest BCUT2D eigenvalue weighted by atomic mass is 10.2. The van der Waals surface area contributed by atoms with Gasteiger partial charge >= 0.3 is 6.09 Å². The van der Waals surface area contributed by atoms with Crippen molar-refractivity contribution in [3.05, 3.63) is 29.8 Å². The molecule has 21 heavy (non-hydrogen) atoms. The molecule has 1 fully saturated rings. The van der Waals surface area contributed by atoms with Crippen molar-refractivity contribution in [2.75, 3.05) is 13.2 Å². The molecule has 3 aliphatic rings. The Hall–Kier alpha value is -1.64. The van der Waals surface area contributed by atoms with Crippen molar-refractivity contribution < 1.29 is 27.2 Å². The highest BCUT2D eigenvalue weighted by Gasteiger charge is 2.49. The second-order valence-electron chi connectivity index (χ2n) is 5.10. The molecule has 1 aromatic rings. The Morgan fingerprint density at radius 2 is 2.00 bits per heavy atom. The molecular formula is C13H15NO6S. The zero-order valence-electron chi connectivity index (χ0n) is 11.2. The maximum Gasteiger partial charge on any atom is 0.412 e. The molecule has 114 valence electrons. The second-order valence-corrected chi connectivity index (χ2v) is 6.64. The highest BCUT2D eigenvalue weighted by molar-refractivity contribution is 7.86. The average molecular weight is 313 g/mol. The fraction of sp³-hybridized carbons (Fsp3) is 0.462. The minimum Gasteiger partial charge on any atom is -0.444 e. The zero-order valence-corrected chi connectivity index (χ0v) is 12.0. The number of hydrogen-bond acceptors (Lipinski definition) is 6. The lowest BCUT2D eigenvalue weighted by Gasteiger charge is -2.34. The lowest BCUT2D eigenvalue weighted by molar-refractivity contribution is -0.0804. The van der Waals surface area contributed by atoms with Gasteiger partial charge in [-0.2, -0.15) is 8.42 Å². The van der Waals surface area contributed by atoms with Gasteiger partial charge in [0.1, 0.15) is 6.61 Å². The molecule has 4 rings (SSSR count). The monoisotopic (exact) mass is 313 g/mol. The normalized spacial score (nSPS) is 27.9. The van der Waals surface area contributed by atoms with Gasteiger partial charge in [-0.3, -0.25) is 4.90 Å². The van der Waals surface area contributed by atoms with E-state index in [2.05, 4.69) is 0 Å². The molecule has 1 amide bonds. The molecule has 1 saturated heterocycles. The SMILES string of the molecule is O=C1OCc2ccc(cc2)S(=O)(=O)O[C@]2(CO)CCCN12. The number of rotatable bonds is 1. The van der Waals surface area contributed by atoms with E-state index in [4.69, 9.17) is 8.92 Å². The Kier molecular flexibility index (Phi) is 3.39. The second kappa shape index (κ2) is 4.97. The van der Waals surface area contributed by atoms with Gasteiger partial charge in [-0.15, -0.1) is 0 Å². The first-order chi connectivity index (χ1) is 9.97. The van der Waals surface area contributed by atoms with Crippen molar-refractivity contribution in [3.63, 3.8) is 0 Å². The van der Waals surface area contributed by atoms with Crippen LogP contribution in [0.2, 0.25) is 0 Å². The van der Waals surface area contributed by atoms with Gasteiger partial charge in [0.15, 0.2) is 5.72 Å². The van der Waals surface area contributed by atoms with Gasteiger partial charge in [0, 0.05) is 13.0 Å². The van der Waals surface area contributed by atoms with E-state index in [1.807, 2.05) is 0 Å². The number of benzene rings is 1. The van der Waals surface area contributed by atoms with Gasteiger partial charge in [-0.1, -0.05) is 12.1 Å². The molecule has 3 heterocycles. The molecule has 0 radical (unpaired) electrons. The Balaban J connectivity index is 2.10. The molecular weight excluding hydrogens is 298 g/mol. The lowest BCUT2D eigenvalue weighted by Crippen LogP contribution is -2.53. The number of fused-ring (bicyclic) bond motifs is 5. The summed E-state index contributed by atoms with van der Waals surface area (Å²) in [5.41, 5.74) is -0.907. The van der Waals surface area contributed by atoms with Crippen LogP contribution in [0.1, 0.15) is 18.4 Å². The molecule has 1 N–H and O–H groups in total. The molecule has 2 bridgehead atoms. The number of amides is 1. The summed E-state index contributed by atoms with van der Waals surface area (Å²) >= 11 is 0. The van der Waals surface area contributed by atoms with E-state index in [0.29, 0.717) is 12.0 Å². The summed E-state index contributed by atoms with van der Waals surface area (Å²) < 4.78 is 35.1. The van der Waals surface area contributed by atoms with E-state index in [1.165, 1.54) is 12.1 Å². The number of carbonyl (C=O) groups is 1. The van der Waals surface area contributed by atoms with E-state index in [1.54, 1.807) is 12.1 Å². The summed E-state index contributed by atoms with van der Waals surface area (Å²) in [5.74, 6) is 0. The van der Waals surface area contributed by atoms with E-state index < -0.39 is 28.5 Å². The minimum atomic E-state index is -4.08. The summed E-state index contributed by atoms with van der Waals surface area (Å²) in [6.45, 7) is -0.295. The maximum atomic E-state index is 12.3. The van der Waals surface area contributed by atoms with Gasteiger partial charge in [0.2, 0.25) is 0 Å². The summed E-state index contributed by atoms with van der Waals surface area (Å²) in [6.07, 6.45) is 0.0686. The standard InChI is InChI=1S/C13H15NO6S/c15-9-13-6-1-7-14(13)12(16)19-8-10-2-4-11(5-3-10)21(17,18)20-13/h2-5,15H,1,6-9H2/t13-/m0/s1. The Labute approximate surface area is 122 Å². The van der Waals surface area contributed by atoms with Crippen LogP contribution in [0, 0.1) is 0 Å². The Morgan fingerprint density at radius 1 is 1.29 bits per heavy atom. The fourth-order valence-electron chi connectivity index (χ4n) is 2.61. The van der Waals surface area contributed by atoms with Crippen molar-refractivity contribution in [3.8, 4) is 0 Å². The average Bonchev–Trinajstić information content (AvgIpc) is 2.87. The molecule has 0 unspecified atom stereocenters. The van der Waals surface area contributed by atoms with Crippen LogP contribution in [0.25, 0.3) is 0 Å². The Morgan fingerprint density at radius 3 is 2.67 bits per heavy atom. The van der Waals surface area contributed by atoms with Crippen LogP contribution >= 0.6 is 0 Å². The number of hydrogen-bond donors (Lipinski definition) is 1. The van der Waals surface area contributed by atoms with Crippen LogP contribution in [-0.4, -0.2) is 43.4 Å². The Bertz CT molecular complexity index is 656. The highest BCUT2D eigenvalue weighted by atomic mass is 32.2. The van der Waals surface area contributed by atoms with E-state index >= 15 is 0 Å². The van der Waals surface area contributed by atoms with Crippen LogP contribution in [0.5, 0.6) is 0 Å². The summed E-state index contributed by atoms with van der Waals surface area (Å²) in [6, 6.07) is 5.92. The van der Waals surface area contributed by atoms with E-state index in [9.17, 15) is 18.3 Å².